The van der Waals surface area contributed by atoms with Crippen molar-refractivity contribution in [2.75, 3.05) is 0 Å². The Morgan fingerprint density at radius 2 is 1.83 bits per heavy atom. The van der Waals surface area contributed by atoms with Crippen LogP contribution < -0.4 is 0 Å². The second-order valence-electron chi connectivity index (χ2n) is 3.25. The van der Waals surface area contributed by atoms with E-state index in [-0.39, 0.29) is 0 Å². The minimum atomic E-state index is 1.04. The molecule has 1 heteroatoms. The van der Waals surface area contributed by atoms with Gasteiger partial charge < -0.3 is 0 Å². The molecule has 0 aliphatic heterocycles. The van der Waals surface area contributed by atoms with Crippen molar-refractivity contribution in [1.82, 2.24) is 0 Å². The summed E-state index contributed by atoms with van der Waals surface area (Å²) in [6.07, 6.45) is 4.06. The van der Waals surface area contributed by atoms with Crippen LogP contribution in [0.3, 0.4) is 0 Å². The molecule has 0 amide bonds. The van der Waals surface area contributed by atoms with Crippen molar-refractivity contribution < 1.29 is 0 Å². The molecule has 68 valence electrons. The summed E-state index contributed by atoms with van der Waals surface area (Å²) in [5.74, 6) is 0. The molecule has 0 aliphatic carbocycles. The average molecular weight is 165 g/mol. The summed E-state index contributed by atoms with van der Waals surface area (Å²) in [5, 5.41) is 0. The van der Waals surface area contributed by atoms with E-state index in [0.717, 1.165) is 24.3 Å². The zero-order chi connectivity index (χ0) is 9.56. The summed E-state index contributed by atoms with van der Waals surface area (Å²) in [6.45, 7) is 11.9. The second-order valence-corrected chi connectivity index (χ2v) is 3.25. The van der Waals surface area contributed by atoms with Crippen LogP contribution in [0.25, 0.3) is 0 Å². The zero-order valence-electron chi connectivity index (χ0n) is 8.65. The van der Waals surface area contributed by atoms with Gasteiger partial charge in [0.05, 0.1) is 0 Å². The number of nitrogens with zero attached hydrogens (tertiary/aromatic N) is 1. The summed E-state index contributed by atoms with van der Waals surface area (Å²) in [6, 6.07) is 0. The van der Waals surface area contributed by atoms with E-state index in [2.05, 4.69) is 25.4 Å². The van der Waals surface area contributed by atoms with Gasteiger partial charge in [0.25, 0.3) is 0 Å². The normalized spacial score (nSPS) is 12.0. The van der Waals surface area contributed by atoms with Gasteiger partial charge in [-0.3, -0.25) is 4.99 Å². The standard InChI is InChI=1S/C11H19N/c1-6-7-8-10(4)11(5)12-9(2)3/h6H,1,7-8H2,2-5H3/b11-10+. The molecule has 0 spiro atoms. The number of hydrogen-bond donors (Lipinski definition) is 0. The molecule has 0 aliphatic rings. The number of hydrogen-bond acceptors (Lipinski definition) is 1. The van der Waals surface area contributed by atoms with Gasteiger partial charge in [-0.1, -0.05) is 11.6 Å². The molecule has 0 atom stereocenters. The first-order valence-corrected chi connectivity index (χ1v) is 4.37. The quantitative estimate of drug-likeness (QED) is 0.444. The van der Waals surface area contributed by atoms with Crippen LogP contribution in [0.2, 0.25) is 0 Å². The molecule has 0 fully saturated rings. The monoisotopic (exact) mass is 165 g/mol. The highest BCUT2D eigenvalue weighted by Crippen LogP contribution is 2.11. The maximum atomic E-state index is 4.39. The molecule has 0 bridgehead atoms. The maximum absolute atomic E-state index is 4.39. The van der Waals surface area contributed by atoms with Crippen LogP contribution in [0.15, 0.2) is 28.9 Å². The van der Waals surface area contributed by atoms with Crippen molar-refractivity contribution in [3.8, 4) is 0 Å². The first kappa shape index (κ1) is 11.2. The third kappa shape index (κ3) is 4.89. The number of aliphatic imine (C=N–C) groups is 1. The first-order valence-electron chi connectivity index (χ1n) is 4.37. The Morgan fingerprint density at radius 1 is 1.25 bits per heavy atom. The third-order valence-electron chi connectivity index (χ3n) is 1.73. The highest BCUT2D eigenvalue weighted by molar-refractivity contribution is 5.80. The summed E-state index contributed by atoms with van der Waals surface area (Å²) in [4.78, 5) is 4.39. The molecule has 0 aromatic rings. The maximum Gasteiger partial charge on any atom is 0.0361 e. The van der Waals surface area contributed by atoms with E-state index >= 15 is 0 Å². The SMILES string of the molecule is C=CCC/C(C)=C(\C)N=C(C)C. The molecule has 1 nitrogen and oxygen atoms in total. The Hall–Kier alpha value is -0.850. The molecule has 0 aromatic carbocycles. The molecular formula is C11H19N. The van der Waals surface area contributed by atoms with Gasteiger partial charge >= 0.3 is 0 Å². The van der Waals surface area contributed by atoms with E-state index in [1.165, 1.54) is 5.57 Å². The van der Waals surface area contributed by atoms with Crippen LogP contribution in [-0.2, 0) is 0 Å². The van der Waals surface area contributed by atoms with E-state index in [4.69, 9.17) is 0 Å². The van der Waals surface area contributed by atoms with Gasteiger partial charge in [-0.15, -0.1) is 6.58 Å². The van der Waals surface area contributed by atoms with E-state index < -0.39 is 0 Å². The van der Waals surface area contributed by atoms with Gasteiger partial charge in [-0.2, -0.15) is 0 Å². The molecule has 0 saturated carbocycles. The fourth-order valence-electron chi connectivity index (χ4n) is 0.930. The predicted molar refractivity (Wildman–Crippen MR) is 56.6 cm³/mol. The van der Waals surface area contributed by atoms with Gasteiger partial charge in [0.1, 0.15) is 0 Å². The minimum Gasteiger partial charge on any atom is -0.263 e. The third-order valence-corrected chi connectivity index (χ3v) is 1.73. The molecule has 0 aromatic heterocycles. The predicted octanol–water partition coefficient (Wildman–Crippen LogP) is 3.73. The largest absolute Gasteiger partial charge is 0.263 e. The highest BCUT2D eigenvalue weighted by atomic mass is 14.7. The van der Waals surface area contributed by atoms with Gasteiger partial charge in [0.2, 0.25) is 0 Å². The van der Waals surface area contributed by atoms with Crippen LogP contribution >= 0.6 is 0 Å². The van der Waals surface area contributed by atoms with Crippen molar-refractivity contribution in [3.05, 3.63) is 23.9 Å². The summed E-state index contributed by atoms with van der Waals surface area (Å²) < 4.78 is 0. The molecule has 0 unspecified atom stereocenters. The summed E-state index contributed by atoms with van der Waals surface area (Å²) in [7, 11) is 0. The van der Waals surface area contributed by atoms with E-state index in [0.29, 0.717) is 0 Å². The molecular weight excluding hydrogens is 146 g/mol. The van der Waals surface area contributed by atoms with Crippen molar-refractivity contribution in [3.63, 3.8) is 0 Å². The van der Waals surface area contributed by atoms with Crippen LogP contribution in [0.1, 0.15) is 40.5 Å². The van der Waals surface area contributed by atoms with Crippen molar-refractivity contribution in [1.29, 1.82) is 0 Å². The van der Waals surface area contributed by atoms with Crippen LogP contribution in [0.4, 0.5) is 0 Å². The fourth-order valence-corrected chi connectivity index (χ4v) is 0.930. The molecule has 0 rings (SSSR count). The van der Waals surface area contributed by atoms with E-state index in [1.807, 2.05) is 19.9 Å². The molecule has 0 radical (unpaired) electrons. The minimum absolute atomic E-state index is 1.04. The van der Waals surface area contributed by atoms with E-state index in [1.54, 1.807) is 0 Å². The molecule has 0 N–H and O–H groups in total. The lowest BCUT2D eigenvalue weighted by Crippen LogP contribution is -1.86. The lowest BCUT2D eigenvalue weighted by molar-refractivity contribution is 0.949. The van der Waals surface area contributed by atoms with Gasteiger partial charge in [0, 0.05) is 11.4 Å². The fraction of sp³-hybridized carbons (Fsp3) is 0.545. The molecule has 0 heterocycles. The first-order chi connectivity index (χ1) is 5.57. The zero-order valence-corrected chi connectivity index (χ0v) is 8.65. The van der Waals surface area contributed by atoms with Crippen molar-refractivity contribution in [2.24, 2.45) is 4.99 Å². The Labute approximate surface area is 75.9 Å². The van der Waals surface area contributed by atoms with Crippen LogP contribution in [0.5, 0.6) is 0 Å². The van der Waals surface area contributed by atoms with Gasteiger partial charge in [-0.05, 0) is 40.5 Å². The van der Waals surface area contributed by atoms with Gasteiger partial charge in [0.15, 0.2) is 0 Å². The average Bonchev–Trinajstić information content (AvgIpc) is 1.98. The number of rotatable bonds is 4. The Kier molecular flexibility index (Phi) is 5.35. The van der Waals surface area contributed by atoms with Gasteiger partial charge in [-0.25, -0.2) is 0 Å². The highest BCUT2D eigenvalue weighted by Gasteiger charge is 1.93. The lowest BCUT2D eigenvalue weighted by atomic mass is 10.1. The topological polar surface area (TPSA) is 12.4 Å². The second kappa shape index (κ2) is 5.76. The Balaban J connectivity index is 4.25. The Morgan fingerprint density at radius 3 is 2.25 bits per heavy atom. The smallest absolute Gasteiger partial charge is 0.0361 e. The molecule has 0 saturated heterocycles. The van der Waals surface area contributed by atoms with Crippen molar-refractivity contribution >= 4 is 5.71 Å². The van der Waals surface area contributed by atoms with Crippen LogP contribution in [-0.4, -0.2) is 5.71 Å². The summed E-state index contributed by atoms with van der Waals surface area (Å²) >= 11 is 0. The van der Waals surface area contributed by atoms with Crippen molar-refractivity contribution in [2.45, 2.75) is 40.5 Å². The Bertz CT molecular complexity index is 205. The van der Waals surface area contributed by atoms with Crippen LogP contribution in [0, 0.1) is 0 Å². The molecule has 12 heavy (non-hydrogen) atoms. The van der Waals surface area contributed by atoms with E-state index in [9.17, 15) is 0 Å². The number of allylic oxidation sites excluding steroid dienone is 3. The summed E-state index contributed by atoms with van der Waals surface area (Å²) in [5.41, 5.74) is 3.62. The lowest BCUT2D eigenvalue weighted by Gasteiger charge is -2.01.